The summed E-state index contributed by atoms with van der Waals surface area (Å²) in [5.74, 6) is 0.795. The zero-order chi connectivity index (χ0) is 19.6. The first-order valence-electron chi connectivity index (χ1n) is 10.1. The Morgan fingerprint density at radius 2 is 1.64 bits per heavy atom. The summed E-state index contributed by atoms with van der Waals surface area (Å²) in [7, 11) is 0. The molecule has 3 fully saturated rings. The van der Waals surface area contributed by atoms with Crippen LogP contribution >= 0.6 is 0 Å². The predicted octanol–water partition coefficient (Wildman–Crippen LogP) is 2.59. The van der Waals surface area contributed by atoms with E-state index < -0.39 is 11.9 Å². The van der Waals surface area contributed by atoms with Gasteiger partial charge >= 0.3 is 6.18 Å². The molecule has 0 aromatic carbocycles. The van der Waals surface area contributed by atoms with Gasteiger partial charge in [-0.2, -0.15) is 13.2 Å². The second-order valence-electron chi connectivity index (χ2n) is 7.95. The van der Waals surface area contributed by atoms with Crippen LogP contribution < -0.4 is 4.90 Å². The second-order valence-corrected chi connectivity index (χ2v) is 7.95. The van der Waals surface area contributed by atoms with Gasteiger partial charge in [-0.1, -0.05) is 0 Å². The first kappa shape index (κ1) is 19.8. The quantitative estimate of drug-likeness (QED) is 0.757. The summed E-state index contributed by atoms with van der Waals surface area (Å²) in [5, 5.41) is 0. The fourth-order valence-corrected chi connectivity index (χ4v) is 4.18. The Bertz CT molecular complexity index is 640. The van der Waals surface area contributed by atoms with Crippen molar-refractivity contribution in [3.63, 3.8) is 0 Å². The van der Waals surface area contributed by atoms with Gasteiger partial charge in [0.1, 0.15) is 17.8 Å². The topological polar surface area (TPSA) is 50.7 Å². The van der Waals surface area contributed by atoms with Crippen LogP contribution in [0.3, 0.4) is 0 Å². The van der Waals surface area contributed by atoms with Gasteiger partial charge in [-0.25, -0.2) is 9.97 Å². The highest BCUT2D eigenvalue weighted by molar-refractivity contribution is 5.44. The van der Waals surface area contributed by atoms with E-state index in [1.165, 1.54) is 0 Å². The fraction of sp³-hybridized carbons (Fsp3) is 0.789. The lowest BCUT2D eigenvalue weighted by molar-refractivity contribution is -0.141. The molecular weight excluding hydrogens is 373 g/mol. The zero-order valence-electron chi connectivity index (χ0n) is 15.9. The Hall–Kier alpha value is -1.45. The number of hydrogen-bond donors (Lipinski definition) is 0. The molecule has 0 unspecified atom stereocenters. The minimum atomic E-state index is -4.45. The van der Waals surface area contributed by atoms with Crippen LogP contribution in [0, 0.1) is 5.92 Å². The van der Waals surface area contributed by atoms with Gasteiger partial charge < -0.3 is 19.3 Å². The van der Waals surface area contributed by atoms with E-state index in [0.717, 1.165) is 70.9 Å². The summed E-state index contributed by atoms with van der Waals surface area (Å²) < 4.78 is 50.3. The Morgan fingerprint density at radius 1 is 1.00 bits per heavy atom. The van der Waals surface area contributed by atoms with Crippen molar-refractivity contribution in [2.45, 2.75) is 43.9 Å². The summed E-state index contributed by atoms with van der Waals surface area (Å²) >= 11 is 0. The number of ether oxygens (including phenoxy) is 2. The van der Waals surface area contributed by atoms with Crippen LogP contribution in [0.25, 0.3) is 0 Å². The molecule has 0 spiro atoms. The highest BCUT2D eigenvalue weighted by Crippen LogP contribution is 2.37. The second kappa shape index (κ2) is 8.51. The third-order valence-electron chi connectivity index (χ3n) is 5.69. The van der Waals surface area contributed by atoms with Crippen molar-refractivity contribution in [2.75, 3.05) is 51.0 Å². The minimum absolute atomic E-state index is 0.223. The molecule has 0 radical (unpaired) electrons. The van der Waals surface area contributed by atoms with E-state index in [0.29, 0.717) is 31.0 Å². The van der Waals surface area contributed by atoms with E-state index in [1.807, 2.05) is 0 Å². The number of piperidine rings is 1. The highest BCUT2D eigenvalue weighted by atomic mass is 19.4. The molecule has 6 nitrogen and oxygen atoms in total. The van der Waals surface area contributed by atoms with Crippen molar-refractivity contribution in [1.82, 2.24) is 14.9 Å². The van der Waals surface area contributed by atoms with E-state index in [4.69, 9.17) is 9.47 Å². The van der Waals surface area contributed by atoms with Gasteiger partial charge in [0.15, 0.2) is 0 Å². The Morgan fingerprint density at radius 3 is 2.25 bits per heavy atom. The van der Waals surface area contributed by atoms with E-state index in [9.17, 15) is 13.2 Å². The van der Waals surface area contributed by atoms with Crippen LogP contribution in [0.5, 0.6) is 0 Å². The number of alkyl halides is 3. The van der Waals surface area contributed by atoms with Crippen molar-refractivity contribution >= 4 is 5.82 Å². The Balaban J connectivity index is 1.38. The molecule has 9 heteroatoms. The molecule has 3 aliphatic rings. The number of likely N-dealkylation sites (tertiary alicyclic amines) is 1. The molecule has 1 aromatic heterocycles. The number of rotatable bonds is 5. The molecule has 0 N–H and O–H groups in total. The average Bonchev–Trinajstić information content (AvgIpc) is 3.51. The normalized spacial score (nSPS) is 23.5. The molecule has 3 heterocycles. The van der Waals surface area contributed by atoms with E-state index >= 15 is 0 Å². The monoisotopic (exact) mass is 400 g/mol. The minimum Gasteiger partial charge on any atom is -0.379 e. The number of anilines is 1. The third kappa shape index (κ3) is 4.93. The number of hydrogen-bond acceptors (Lipinski definition) is 6. The largest absolute Gasteiger partial charge is 0.433 e. The lowest BCUT2D eigenvalue weighted by Crippen LogP contribution is -2.48. The zero-order valence-corrected chi connectivity index (χ0v) is 15.9. The molecule has 1 aromatic rings. The molecule has 1 saturated carbocycles. The number of nitrogens with zero attached hydrogens (tertiary/aromatic N) is 4. The van der Waals surface area contributed by atoms with Crippen LogP contribution in [0.2, 0.25) is 0 Å². The molecule has 2 saturated heterocycles. The van der Waals surface area contributed by atoms with Gasteiger partial charge in [0.05, 0.1) is 26.4 Å². The lowest BCUT2D eigenvalue weighted by atomic mass is 10.0. The molecule has 0 amide bonds. The van der Waals surface area contributed by atoms with Gasteiger partial charge in [-0.15, -0.1) is 0 Å². The van der Waals surface area contributed by atoms with E-state index in [2.05, 4.69) is 19.8 Å². The van der Waals surface area contributed by atoms with E-state index in [1.54, 1.807) is 0 Å². The average molecular weight is 400 g/mol. The van der Waals surface area contributed by atoms with E-state index in [-0.39, 0.29) is 6.04 Å². The predicted molar refractivity (Wildman–Crippen MR) is 97.1 cm³/mol. The van der Waals surface area contributed by atoms with Gasteiger partial charge in [0, 0.05) is 43.7 Å². The fourth-order valence-electron chi connectivity index (χ4n) is 4.18. The van der Waals surface area contributed by atoms with Crippen LogP contribution in [0.15, 0.2) is 12.4 Å². The van der Waals surface area contributed by atoms with Crippen LogP contribution in [-0.2, 0) is 15.7 Å². The first-order valence-corrected chi connectivity index (χ1v) is 10.1. The van der Waals surface area contributed by atoms with Crippen molar-refractivity contribution in [3.8, 4) is 0 Å². The van der Waals surface area contributed by atoms with Crippen molar-refractivity contribution < 1.29 is 22.6 Å². The molecule has 0 atom stereocenters. The maximum absolute atomic E-state index is 13.1. The van der Waals surface area contributed by atoms with Crippen molar-refractivity contribution in [2.24, 2.45) is 5.92 Å². The first-order chi connectivity index (χ1) is 13.5. The standard InChI is InChI=1S/C19H27F3N4O2/c20-19(21,22)17-9-18(24-13-23-17)26(15-1-2-15)16-3-5-25(6-4-16)10-14-11-27-7-8-28-12-14/h9,13-16H,1-8,10-12H2. The van der Waals surface area contributed by atoms with Crippen LogP contribution in [-0.4, -0.2) is 73.0 Å². The number of aromatic nitrogens is 2. The molecule has 1 aliphatic carbocycles. The van der Waals surface area contributed by atoms with Crippen LogP contribution in [0.4, 0.5) is 19.0 Å². The highest BCUT2D eigenvalue weighted by Gasteiger charge is 2.39. The SMILES string of the molecule is FC(F)(F)c1cc(N(C2CC2)C2CCN(CC3COCCOC3)CC2)ncn1. The number of halogens is 3. The summed E-state index contributed by atoms with van der Waals surface area (Å²) in [6, 6.07) is 1.63. The molecule has 156 valence electrons. The molecule has 2 aliphatic heterocycles. The molecule has 28 heavy (non-hydrogen) atoms. The van der Waals surface area contributed by atoms with Gasteiger partial charge in [-0.3, -0.25) is 0 Å². The third-order valence-corrected chi connectivity index (χ3v) is 5.69. The summed E-state index contributed by atoms with van der Waals surface area (Å²) in [4.78, 5) is 12.1. The summed E-state index contributed by atoms with van der Waals surface area (Å²) in [6.45, 7) is 5.59. The van der Waals surface area contributed by atoms with Gasteiger partial charge in [0.2, 0.25) is 0 Å². The van der Waals surface area contributed by atoms with Crippen molar-refractivity contribution in [3.05, 3.63) is 18.1 Å². The van der Waals surface area contributed by atoms with Crippen molar-refractivity contribution in [1.29, 1.82) is 0 Å². The maximum Gasteiger partial charge on any atom is 0.433 e. The Labute approximate surface area is 163 Å². The summed E-state index contributed by atoms with van der Waals surface area (Å²) in [6.07, 6.45) is 0.477. The van der Waals surface area contributed by atoms with Crippen LogP contribution in [0.1, 0.15) is 31.4 Å². The molecule has 0 bridgehead atoms. The smallest absolute Gasteiger partial charge is 0.379 e. The van der Waals surface area contributed by atoms with Gasteiger partial charge in [0.25, 0.3) is 0 Å². The Kier molecular flexibility index (Phi) is 6.03. The van der Waals surface area contributed by atoms with Gasteiger partial charge in [-0.05, 0) is 25.7 Å². The lowest BCUT2D eigenvalue weighted by Gasteiger charge is -2.40. The molecular formula is C19H27F3N4O2. The maximum atomic E-state index is 13.1. The molecule has 4 rings (SSSR count). The summed E-state index contributed by atoms with van der Waals surface area (Å²) in [5.41, 5.74) is -0.867.